The summed E-state index contributed by atoms with van der Waals surface area (Å²) >= 11 is 1.67. The van der Waals surface area contributed by atoms with Gasteiger partial charge in [0.15, 0.2) is 0 Å². The van der Waals surface area contributed by atoms with Crippen LogP contribution in [0.5, 0.6) is 0 Å². The minimum absolute atomic E-state index is 0.0983. The Morgan fingerprint density at radius 1 is 1.38 bits per heavy atom. The Balaban J connectivity index is 0.000000138. The third-order valence-electron chi connectivity index (χ3n) is 2.20. The Morgan fingerprint density at radius 2 is 2.19 bits per heavy atom. The molecule has 1 aromatic heterocycles. The lowest BCUT2D eigenvalue weighted by molar-refractivity contribution is -0.115. The maximum atomic E-state index is 10.8. The lowest BCUT2D eigenvalue weighted by Crippen LogP contribution is -2.03. The van der Waals surface area contributed by atoms with Gasteiger partial charge >= 0.3 is 0 Å². The lowest BCUT2D eigenvalue weighted by atomic mass is 10.2. The first-order chi connectivity index (χ1) is 7.75. The molecule has 0 fully saturated rings. The number of hydrogen-bond donors (Lipinski definition) is 1. The Hall–Kier alpha value is -1.68. The van der Waals surface area contributed by atoms with Crippen LogP contribution in [0.1, 0.15) is 10.6 Å². The molecule has 0 saturated carbocycles. The maximum Gasteiger partial charge on any atom is 0.228 e. The summed E-state index contributed by atoms with van der Waals surface area (Å²) in [5.41, 5.74) is 2.07. The monoisotopic (exact) mass is 232 g/mol. The van der Waals surface area contributed by atoms with Crippen LogP contribution in [0.2, 0.25) is 0 Å². The standard InChI is InChI=1S/C8H7NO.C4H5NS/c10-8-5-6-3-1-2-4-7(6)9-8;1-4-5-2-3-6-4/h1-4H,5H2,(H,9,10);2-3H,1H3. The molecule has 0 aliphatic carbocycles. The number of para-hydroxylation sites is 1. The highest BCUT2D eigenvalue weighted by molar-refractivity contribution is 7.09. The van der Waals surface area contributed by atoms with Gasteiger partial charge < -0.3 is 5.32 Å². The molecule has 0 radical (unpaired) electrons. The van der Waals surface area contributed by atoms with Gasteiger partial charge in [-0.05, 0) is 18.6 Å². The van der Waals surface area contributed by atoms with Crippen molar-refractivity contribution in [3.8, 4) is 0 Å². The molecular formula is C12H12N2OS. The average Bonchev–Trinajstić information content (AvgIpc) is 2.86. The van der Waals surface area contributed by atoms with E-state index >= 15 is 0 Å². The van der Waals surface area contributed by atoms with Crippen molar-refractivity contribution in [2.45, 2.75) is 13.3 Å². The summed E-state index contributed by atoms with van der Waals surface area (Å²) in [6.45, 7) is 1.99. The van der Waals surface area contributed by atoms with E-state index < -0.39 is 0 Å². The van der Waals surface area contributed by atoms with Crippen LogP contribution >= 0.6 is 11.3 Å². The molecule has 0 bridgehead atoms. The molecular weight excluding hydrogens is 220 g/mol. The smallest absolute Gasteiger partial charge is 0.228 e. The summed E-state index contributed by atoms with van der Waals surface area (Å²) in [4.78, 5) is 14.7. The van der Waals surface area contributed by atoms with Gasteiger partial charge in [0, 0.05) is 17.3 Å². The van der Waals surface area contributed by atoms with Crippen LogP contribution in [-0.4, -0.2) is 10.9 Å². The molecule has 1 aliphatic rings. The number of carbonyl (C=O) groups is 1. The van der Waals surface area contributed by atoms with E-state index in [0.717, 1.165) is 16.3 Å². The van der Waals surface area contributed by atoms with Gasteiger partial charge in [0.1, 0.15) is 0 Å². The summed E-state index contributed by atoms with van der Waals surface area (Å²) in [6, 6.07) is 7.75. The number of benzene rings is 1. The van der Waals surface area contributed by atoms with Crippen LogP contribution in [0.25, 0.3) is 0 Å². The van der Waals surface area contributed by atoms with E-state index in [2.05, 4.69) is 10.3 Å². The van der Waals surface area contributed by atoms with Gasteiger partial charge in [0.05, 0.1) is 11.4 Å². The summed E-state index contributed by atoms with van der Waals surface area (Å²) < 4.78 is 0. The number of aryl methyl sites for hydroxylation is 1. The van der Waals surface area contributed by atoms with Crippen LogP contribution < -0.4 is 5.32 Å². The van der Waals surface area contributed by atoms with E-state index in [0.29, 0.717) is 6.42 Å². The van der Waals surface area contributed by atoms with Gasteiger partial charge in [-0.25, -0.2) is 0 Å². The van der Waals surface area contributed by atoms with Crippen LogP contribution in [0, 0.1) is 6.92 Å². The topological polar surface area (TPSA) is 42.0 Å². The first kappa shape index (κ1) is 10.8. The Labute approximate surface area is 98.2 Å². The second-order valence-electron chi connectivity index (χ2n) is 3.43. The normalized spacial score (nSPS) is 12.4. The molecule has 0 saturated heterocycles. The minimum atomic E-state index is 0.0983. The molecule has 0 spiro atoms. The predicted octanol–water partition coefficient (Wildman–Crippen LogP) is 2.63. The van der Waals surface area contributed by atoms with Crippen LogP contribution in [0.3, 0.4) is 0 Å². The lowest BCUT2D eigenvalue weighted by Gasteiger charge is -1.93. The minimum Gasteiger partial charge on any atom is -0.326 e. The van der Waals surface area contributed by atoms with Gasteiger partial charge in [-0.15, -0.1) is 11.3 Å². The van der Waals surface area contributed by atoms with Crippen molar-refractivity contribution in [3.05, 3.63) is 46.4 Å². The van der Waals surface area contributed by atoms with Crippen LogP contribution in [-0.2, 0) is 11.2 Å². The zero-order valence-electron chi connectivity index (χ0n) is 8.93. The largest absolute Gasteiger partial charge is 0.326 e. The first-order valence-corrected chi connectivity index (χ1v) is 5.87. The zero-order chi connectivity index (χ0) is 11.4. The van der Waals surface area contributed by atoms with E-state index in [9.17, 15) is 4.79 Å². The molecule has 1 amide bonds. The molecule has 82 valence electrons. The molecule has 0 unspecified atom stereocenters. The number of rotatable bonds is 0. The van der Waals surface area contributed by atoms with E-state index in [1.54, 1.807) is 17.5 Å². The fourth-order valence-corrected chi connectivity index (χ4v) is 1.90. The summed E-state index contributed by atoms with van der Waals surface area (Å²) in [5.74, 6) is 0.0983. The fourth-order valence-electron chi connectivity index (χ4n) is 1.46. The number of nitrogens with one attached hydrogen (secondary N) is 1. The number of nitrogens with zero attached hydrogens (tertiary/aromatic N) is 1. The molecule has 3 rings (SSSR count). The molecule has 0 atom stereocenters. The average molecular weight is 232 g/mol. The van der Waals surface area contributed by atoms with E-state index in [4.69, 9.17) is 0 Å². The second-order valence-corrected chi connectivity index (χ2v) is 4.53. The highest BCUT2D eigenvalue weighted by Gasteiger charge is 2.15. The second kappa shape index (κ2) is 4.90. The number of fused-ring (bicyclic) bond motifs is 1. The molecule has 1 aliphatic heterocycles. The molecule has 3 nitrogen and oxygen atoms in total. The van der Waals surface area contributed by atoms with Crippen molar-refractivity contribution < 1.29 is 4.79 Å². The van der Waals surface area contributed by atoms with Gasteiger partial charge in [-0.2, -0.15) is 0 Å². The molecule has 1 N–H and O–H groups in total. The number of amides is 1. The highest BCUT2D eigenvalue weighted by Crippen LogP contribution is 2.20. The fraction of sp³-hybridized carbons (Fsp3) is 0.167. The Bertz CT molecular complexity index is 453. The summed E-state index contributed by atoms with van der Waals surface area (Å²) in [7, 11) is 0. The molecule has 1 aromatic carbocycles. The van der Waals surface area contributed by atoms with E-state index in [-0.39, 0.29) is 5.91 Å². The number of thiazole rings is 1. The van der Waals surface area contributed by atoms with Gasteiger partial charge in [-0.3, -0.25) is 9.78 Å². The van der Waals surface area contributed by atoms with E-state index in [1.807, 2.05) is 36.6 Å². The van der Waals surface area contributed by atoms with Crippen LogP contribution in [0.4, 0.5) is 5.69 Å². The summed E-state index contributed by atoms with van der Waals surface area (Å²) in [5, 5.41) is 5.86. The van der Waals surface area contributed by atoms with E-state index in [1.165, 1.54) is 0 Å². The molecule has 2 aromatic rings. The maximum absolute atomic E-state index is 10.8. The third kappa shape index (κ3) is 2.67. The van der Waals surface area contributed by atoms with Crippen molar-refractivity contribution in [2.24, 2.45) is 0 Å². The van der Waals surface area contributed by atoms with Gasteiger partial charge in [-0.1, -0.05) is 18.2 Å². The predicted molar refractivity (Wildman–Crippen MR) is 65.6 cm³/mol. The van der Waals surface area contributed by atoms with Crippen LogP contribution in [0.15, 0.2) is 35.8 Å². The zero-order valence-corrected chi connectivity index (χ0v) is 9.75. The molecule has 16 heavy (non-hydrogen) atoms. The number of aromatic nitrogens is 1. The SMILES string of the molecule is Cc1nccs1.O=C1Cc2ccccc2N1. The first-order valence-electron chi connectivity index (χ1n) is 4.99. The van der Waals surface area contributed by atoms with Crippen molar-refractivity contribution in [1.29, 1.82) is 0 Å². The van der Waals surface area contributed by atoms with Crippen molar-refractivity contribution in [2.75, 3.05) is 5.32 Å². The number of anilines is 1. The van der Waals surface area contributed by atoms with Crippen molar-refractivity contribution in [1.82, 2.24) is 4.98 Å². The summed E-state index contributed by atoms with van der Waals surface area (Å²) in [6.07, 6.45) is 2.34. The molecule has 2 heterocycles. The van der Waals surface area contributed by atoms with Crippen molar-refractivity contribution >= 4 is 22.9 Å². The third-order valence-corrected chi connectivity index (χ3v) is 2.90. The quantitative estimate of drug-likeness (QED) is 0.758. The number of carbonyl (C=O) groups excluding carboxylic acids is 1. The van der Waals surface area contributed by atoms with Gasteiger partial charge in [0.25, 0.3) is 0 Å². The Kier molecular flexibility index (Phi) is 3.31. The highest BCUT2D eigenvalue weighted by atomic mass is 32.1. The Morgan fingerprint density at radius 3 is 2.75 bits per heavy atom. The molecule has 4 heteroatoms. The number of hydrogen-bond acceptors (Lipinski definition) is 3. The van der Waals surface area contributed by atoms with Gasteiger partial charge in [0.2, 0.25) is 5.91 Å². The van der Waals surface area contributed by atoms with Crippen molar-refractivity contribution in [3.63, 3.8) is 0 Å².